The van der Waals surface area contributed by atoms with Crippen LogP contribution in [-0.4, -0.2) is 56.8 Å². The van der Waals surface area contributed by atoms with E-state index in [1.165, 1.54) is 23.1 Å². The topological polar surface area (TPSA) is 104 Å². The van der Waals surface area contributed by atoms with E-state index in [2.05, 4.69) is 5.32 Å². The molecule has 0 aliphatic carbocycles. The second-order valence-electron chi connectivity index (χ2n) is 4.96. The zero-order valence-electron chi connectivity index (χ0n) is 11.2. The standard InChI is InChI=1S/C13H12N2O5S2/c16-7-5-22-12-9(11(18)15(12)10(7)13(19)20)14-8(17)4-6-2-1-3-21-6/h1-3,9-10,12H,4-5H2,(H,14,17)(H,19,20)/t9?,10?,12-/m0/s1. The zero-order chi connectivity index (χ0) is 15.9. The van der Waals surface area contributed by atoms with E-state index in [0.29, 0.717) is 0 Å². The lowest BCUT2D eigenvalue weighted by Crippen LogP contribution is -2.76. The van der Waals surface area contributed by atoms with Crippen molar-refractivity contribution < 1.29 is 24.3 Å². The van der Waals surface area contributed by atoms with Crippen LogP contribution in [0.2, 0.25) is 0 Å². The largest absolute Gasteiger partial charge is 0.479 e. The van der Waals surface area contributed by atoms with Crippen molar-refractivity contribution in [2.75, 3.05) is 5.75 Å². The molecule has 1 aromatic heterocycles. The predicted molar refractivity (Wildman–Crippen MR) is 79.5 cm³/mol. The highest BCUT2D eigenvalue weighted by Crippen LogP contribution is 2.36. The summed E-state index contributed by atoms with van der Waals surface area (Å²) >= 11 is 2.63. The Morgan fingerprint density at radius 1 is 1.41 bits per heavy atom. The third kappa shape index (κ3) is 2.50. The first-order chi connectivity index (χ1) is 10.5. The number of thioether (sulfide) groups is 1. The summed E-state index contributed by atoms with van der Waals surface area (Å²) in [5, 5.41) is 13.1. The van der Waals surface area contributed by atoms with Gasteiger partial charge in [0.2, 0.25) is 11.8 Å². The number of aliphatic carboxylic acids is 1. The summed E-state index contributed by atoms with van der Waals surface area (Å²) in [5.74, 6) is -2.59. The van der Waals surface area contributed by atoms with Gasteiger partial charge < -0.3 is 15.3 Å². The molecule has 2 saturated heterocycles. The van der Waals surface area contributed by atoms with E-state index in [1.807, 2.05) is 17.5 Å². The Bertz CT molecular complexity index is 645. The number of carboxylic acid groups (broad SMARTS) is 1. The van der Waals surface area contributed by atoms with Gasteiger partial charge in [-0.25, -0.2) is 4.79 Å². The molecule has 9 heteroatoms. The van der Waals surface area contributed by atoms with Gasteiger partial charge in [-0.3, -0.25) is 14.4 Å². The van der Waals surface area contributed by atoms with Crippen molar-refractivity contribution in [3.05, 3.63) is 22.4 Å². The van der Waals surface area contributed by atoms with E-state index in [0.717, 1.165) is 9.78 Å². The number of ketones is 1. The van der Waals surface area contributed by atoms with E-state index >= 15 is 0 Å². The summed E-state index contributed by atoms with van der Waals surface area (Å²) in [5.41, 5.74) is 0. The summed E-state index contributed by atoms with van der Waals surface area (Å²) < 4.78 is 0. The minimum absolute atomic E-state index is 0.0305. The van der Waals surface area contributed by atoms with Gasteiger partial charge in [0, 0.05) is 4.88 Å². The van der Waals surface area contributed by atoms with Crippen molar-refractivity contribution >= 4 is 46.7 Å². The molecule has 0 spiro atoms. The van der Waals surface area contributed by atoms with Gasteiger partial charge in [-0.2, -0.15) is 0 Å². The molecule has 22 heavy (non-hydrogen) atoms. The smallest absolute Gasteiger partial charge is 0.334 e. The molecule has 3 heterocycles. The molecule has 1 aromatic rings. The number of carbonyl (C=O) groups is 4. The van der Waals surface area contributed by atoms with Gasteiger partial charge in [0.15, 0.2) is 11.8 Å². The number of rotatable bonds is 4. The molecule has 0 aromatic carbocycles. The predicted octanol–water partition coefficient (Wildman–Crippen LogP) is -0.287. The molecule has 0 bridgehead atoms. The number of carbonyl (C=O) groups excluding carboxylic acids is 3. The summed E-state index contributed by atoms with van der Waals surface area (Å²) in [6, 6.07) is 1.48. The third-order valence-electron chi connectivity index (χ3n) is 3.52. The zero-order valence-corrected chi connectivity index (χ0v) is 12.9. The number of carboxylic acids is 1. The molecule has 2 N–H and O–H groups in total. The van der Waals surface area contributed by atoms with Crippen molar-refractivity contribution in [1.29, 1.82) is 0 Å². The van der Waals surface area contributed by atoms with Crippen LogP contribution in [0.25, 0.3) is 0 Å². The van der Waals surface area contributed by atoms with Crippen LogP contribution in [0.1, 0.15) is 4.88 Å². The number of amides is 2. The van der Waals surface area contributed by atoms with Gasteiger partial charge in [0.1, 0.15) is 11.4 Å². The molecule has 2 fully saturated rings. The molecule has 7 nitrogen and oxygen atoms in total. The van der Waals surface area contributed by atoms with Crippen molar-refractivity contribution in [2.45, 2.75) is 23.9 Å². The lowest BCUT2D eigenvalue weighted by atomic mass is 10.0. The number of β-lactam (4-membered cyclic amide) rings is 1. The average Bonchev–Trinajstić information content (AvgIpc) is 2.97. The lowest BCUT2D eigenvalue weighted by molar-refractivity contribution is -0.165. The van der Waals surface area contributed by atoms with Gasteiger partial charge in [-0.15, -0.1) is 23.1 Å². The van der Waals surface area contributed by atoms with Crippen molar-refractivity contribution in [3.63, 3.8) is 0 Å². The maximum atomic E-state index is 12.1. The van der Waals surface area contributed by atoms with Crippen molar-refractivity contribution in [3.8, 4) is 0 Å². The fraction of sp³-hybridized carbons (Fsp3) is 0.385. The molecular formula is C13H12N2O5S2. The highest BCUT2D eigenvalue weighted by molar-refractivity contribution is 8.00. The van der Waals surface area contributed by atoms with Gasteiger partial charge in [0.05, 0.1) is 12.2 Å². The van der Waals surface area contributed by atoms with Crippen LogP contribution in [0, 0.1) is 0 Å². The van der Waals surface area contributed by atoms with Crippen LogP contribution in [0.15, 0.2) is 17.5 Å². The molecule has 2 amide bonds. The van der Waals surface area contributed by atoms with Gasteiger partial charge in [-0.1, -0.05) is 6.07 Å². The molecule has 2 aliphatic heterocycles. The molecule has 3 rings (SSSR count). The first kappa shape index (κ1) is 15.0. The normalized spacial score (nSPS) is 27.1. The Labute approximate surface area is 133 Å². The minimum atomic E-state index is -1.43. The second-order valence-corrected chi connectivity index (χ2v) is 7.09. The number of thiophene rings is 1. The fourth-order valence-electron chi connectivity index (χ4n) is 2.52. The number of nitrogens with one attached hydrogen (secondary N) is 1. The first-order valence-corrected chi connectivity index (χ1v) is 8.43. The molecule has 3 atom stereocenters. The monoisotopic (exact) mass is 340 g/mol. The Balaban J connectivity index is 1.65. The highest BCUT2D eigenvalue weighted by atomic mass is 32.2. The summed E-state index contributed by atoms with van der Waals surface area (Å²) in [6.07, 6.45) is 0.181. The van der Waals surface area contributed by atoms with Crippen LogP contribution in [0.4, 0.5) is 0 Å². The molecule has 2 unspecified atom stereocenters. The van der Waals surface area contributed by atoms with Crippen LogP contribution < -0.4 is 5.32 Å². The van der Waals surface area contributed by atoms with E-state index in [4.69, 9.17) is 5.11 Å². The highest BCUT2D eigenvalue weighted by Gasteiger charge is 2.57. The fourth-order valence-corrected chi connectivity index (χ4v) is 4.48. The number of hydrogen-bond acceptors (Lipinski definition) is 6. The Morgan fingerprint density at radius 2 is 2.18 bits per heavy atom. The Hall–Kier alpha value is -1.87. The van der Waals surface area contributed by atoms with Crippen molar-refractivity contribution in [2.24, 2.45) is 0 Å². The van der Waals surface area contributed by atoms with Crippen LogP contribution in [0.3, 0.4) is 0 Å². The van der Waals surface area contributed by atoms with Gasteiger partial charge in [-0.05, 0) is 11.4 Å². The number of hydrogen-bond donors (Lipinski definition) is 2. The first-order valence-electron chi connectivity index (χ1n) is 6.50. The number of fused-ring (bicyclic) bond motifs is 1. The van der Waals surface area contributed by atoms with E-state index < -0.39 is 35.1 Å². The maximum Gasteiger partial charge on any atom is 0.334 e. The molecule has 0 radical (unpaired) electrons. The van der Waals surface area contributed by atoms with Crippen LogP contribution in [-0.2, 0) is 25.6 Å². The molecular weight excluding hydrogens is 328 g/mol. The quantitative estimate of drug-likeness (QED) is 0.577. The summed E-state index contributed by atoms with van der Waals surface area (Å²) in [7, 11) is 0. The average molecular weight is 340 g/mol. The van der Waals surface area contributed by atoms with E-state index in [1.54, 1.807) is 0 Å². The number of Topliss-reactive ketones (excluding diaryl/α,β-unsaturated/α-hetero) is 1. The SMILES string of the molecule is O=C(Cc1cccs1)NC1C(=O)N2C(C(=O)O)C(=O)CS[C@@H]12. The number of nitrogens with zero attached hydrogens (tertiary/aromatic N) is 1. The second kappa shape index (κ2) is 5.73. The third-order valence-corrected chi connectivity index (χ3v) is 5.69. The van der Waals surface area contributed by atoms with Crippen LogP contribution >= 0.6 is 23.1 Å². The summed E-state index contributed by atoms with van der Waals surface area (Å²) in [4.78, 5) is 48.7. The molecule has 116 valence electrons. The lowest BCUT2D eigenvalue weighted by Gasteiger charge is -2.51. The van der Waals surface area contributed by atoms with Gasteiger partial charge in [0.25, 0.3) is 0 Å². The van der Waals surface area contributed by atoms with Crippen molar-refractivity contribution in [1.82, 2.24) is 10.2 Å². The molecule has 2 aliphatic rings. The minimum Gasteiger partial charge on any atom is -0.479 e. The van der Waals surface area contributed by atoms with Gasteiger partial charge >= 0.3 is 5.97 Å². The maximum absolute atomic E-state index is 12.1. The summed E-state index contributed by atoms with van der Waals surface area (Å²) in [6.45, 7) is 0. The Morgan fingerprint density at radius 3 is 2.82 bits per heavy atom. The van der Waals surface area contributed by atoms with E-state index in [-0.39, 0.29) is 18.1 Å². The van der Waals surface area contributed by atoms with E-state index in [9.17, 15) is 19.2 Å². The Kier molecular flexibility index (Phi) is 3.92. The molecule has 0 saturated carbocycles. The van der Waals surface area contributed by atoms with Crippen LogP contribution in [0.5, 0.6) is 0 Å².